The lowest BCUT2D eigenvalue weighted by Gasteiger charge is -2.30. The number of aliphatic hydroxyl groups is 1. The van der Waals surface area contributed by atoms with Gasteiger partial charge in [0.05, 0.1) is 13.2 Å². The van der Waals surface area contributed by atoms with Crippen LogP contribution < -0.4 is 16.0 Å². The highest BCUT2D eigenvalue weighted by atomic mass is 16.4. The minimum absolute atomic E-state index is 0.144. The molecule has 11 heteroatoms. The van der Waals surface area contributed by atoms with Crippen LogP contribution in [0.5, 0.6) is 0 Å². The molecule has 0 aliphatic carbocycles. The molecule has 3 atom stereocenters. The Hall–Kier alpha value is -2.69. The number of nitrogens with zero attached hydrogens (tertiary/aromatic N) is 1. The lowest BCUT2D eigenvalue weighted by molar-refractivity contribution is -0.143. The van der Waals surface area contributed by atoms with Gasteiger partial charge in [0, 0.05) is 13.0 Å². The van der Waals surface area contributed by atoms with Gasteiger partial charge in [-0.25, -0.2) is 0 Å². The maximum Gasteiger partial charge on any atom is 0.303 e. The van der Waals surface area contributed by atoms with Gasteiger partial charge in [-0.3, -0.25) is 24.0 Å². The Bertz CT molecular complexity index is 609. The van der Waals surface area contributed by atoms with Crippen LogP contribution in [0.1, 0.15) is 25.7 Å². The van der Waals surface area contributed by atoms with E-state index in [2.05, 4.69) is 16.0 Å². The second kappa shape index (κ2) is 8.61. The molecular weight excluding hydrogens is 348 g/mol. The SMILES string of the molecule is O=C(O)CC[C@H]1NC(=O)[C@@H]2CCCN2C(=O)[C@H](CO)NC(=O)CNC1=O. The third kappa shape index (κ3) is 4.69. The van der Waals surface area contributed by atoms with Crippen LogP contribution in [0, 0.1) is 0 Å². The van der Waals surface area contributed by atoms with E-state index < -0.39 is 60.9 Å². The molecule has 2 aliphatic rings. The molecule has 2 saturated heterocycles. The van der Waals surface area contributed by atoms with Crippen LogP contribution in [0.15, 0.2) is 0 Å². The number of aliphatic carboxylic acids is 1. The number of carboxylic acids is 1. The largest absolute Gasteiger partial charge is 0.481 e. The van der Waals surface area contributed by atoms with Crippen molar-refractivity contribution in [2.45, 2.75) is 43.8 Å². The molecule has 0 spiro atoms. The van der Waals surface area contributed by atoms with Gasteiger partial charge in [0.25, 0.3) is 0 Å². The predicted molar refractivity (Wildman–Crippen MR) is 85.6 cm³/mol. The normalized spacial score (nSPS) is 27.6. The molecule has 0 unspecified atom stereocenters. The monoisotopic (exact) mass is 370 g/mol. The fourth-order valence-electron chi connectivity index (χ4n) is 3.03. The summed E-state index contributed by atoms with van der Waals surface area (Å²) >= 11 is 0. The Balaban J connectivity index is 2.24. The van der Waals surface area contributed by atoms with Crippen LogP contribution in [0.3, 0.4) is 0 Å². The number of aliphatic hydroxyl groups excluding tert-OH is 1. The number of carboxylic acid groups (broad SMARTS) is 1. The smallest absolute Gasteiger partial charge is 0.303 e. The lowest BCUT2D eigenvalue weighted by atomic mass is 10.1. The van der Waals surface area contributed by atoms with Crippen molar-refractivity contribution < 1.29 is 34.2 Å². The zero-order valence-electron chi connectivity index (χ0n) is 14.1. The molecule has 2 heterocycles. The number of carbonyl (C=O) groups is 5. The van der Waals surface area contributed by atoms with Crippen LogP contribution in [0.4, 0.5) is 0 Å². The van der Waals surface area contributed by atoms with Gasteiger partial charge in [-0.15, -0.1) is 0 Å². The van der Waals surface area contributed by atoms with Crippen LogP contribution in [0.25, 0.3) is 0 Å². The van der Waals surface area contributed by atoms with Crippen molar-refractivity contribution in [1.29, 1.82) is 0 Å². The molecule has 0 saturated carbocycles. The fraction of sp³-hybridized carbons (Fsp3) is 0.667. The highest BCUT2D eigenvalue weighted by Crippen LogP contribution is 2.19. The number of rotatable bonds is 4. The van der Waals surface area contributed by atoms with Crippen molar-refractivity contribution >= 4 is 29.6 Å². The maximum absolute atomic E-state index is 12.5. The van der Waals surface area contributed by atoms with E-state index in [9.17, 15) is 29.1 Å². The van der Waals surface area contributed by atoms with E-state index >= 15 is 0 Å². The summed E-state index contributed by atoms with van der Waals surface area (Å²) in [6, 6.07) is -3.17. The van der Waals surface area contributed by atoms with E-state index in [1.807, 2.05) is 0 Å². The zero-order valence-corrected chi connectivity index (χ0v) is 14.1. The molecular formula is C15H22N4O7. The van der Waals surface area contributed by atoms with Gasteiger partial charge in [0.2, 0.25) is 23.6 Å². The second-order valence-electron chi connectivity index (χ2n) is 6.20. The summed E-state index contributed by atoms with van der Waals surface area (Å²) in [5, 5.41) is 25.3. The van der Waals surface area contributed by atoms with Gasteiger partial charge in [-0.1, -0.05) is 0 Å². The minimum Gasteiger partial charge on any atom is -0.481 e. The van der Waals surface area contributed by atoms with E-state index in [0.717, 1.165) is 0 Å². The average molecular weight is 370 g/mol. The van der Waals surface area contributed by atoms with Gasteiger partial charge >= 0.3 is 5.97 Å². The quantitative estimate of drug-likeness (QED) is 0.350. The summed E-state index contributed by atoms with van der Waals surface area (Å²) in [5.74, 6) is -3.63. The minimum atomic E-state index is -1.20. The van der Waals surface area contributed by atoms with E-state index in [1.54, 1.807) is 0 Å². The molecule has 26 heavy (non-hydrogen) atoms. The second-order valence-corrected chi connectivity index (χ2v) is 6.20. The highest BCUT2D eigenvalue weighted by Gasteiger charge is 2.39. The topological polar surface area (TPSA) is 165 Å². The number of hydrogen-bond donors (Lipinski definition) is 5. The fourth-order valence-corrected chi connectivity index (χ4v) is 3.03. The molecule has 2 aliphatic heterocycles. The van der Waals surface area contributed by atoms with Crippen molar-refractivity contribution in [3.05, 3.63) is 0 Å². The zero-order chi connectivity index (χ0) is 19.3. The van der Waals surface area contributed by atoms with Gasteiger partial charge < -0.3 is 31.1 Å². The van der Waals surface area contributed by atoms with Crippen LogP contribution >= 0.6 is 0 Å². The molecule has 0 aromatic carbocycles. The molecule has 4 amide bonds. The Kier molecular flexibility index (Phi) is 6.50. The Morgan fingerprint density at radius 1 is 1.12 bits per heavy atom. The maximum atomic E-state index is 12.5. The third-order valence-electron chi connectivity index (χ3n) is 4.36. The van der Waals surface area contributed by atoms with Gasteiger partial charge in [0.15, 0.2) is 0 Å². The van der Waals surface area contributed by atoms with Crippen LogP contribution in [0.2, 0.25) is 0 Å². The molecule has 0 aromatic rings. The number of fused-ring (bicyclic) bond motifs is 1. The van der Waals surface area contributed by atoms with E-state index in [0.29, 0.717) is 12.8 Å². The van der Waals surface area contributed by atoms with Gasteiger partial charge in [0.1, 0.15) is 18.1 Å². The first-order valence-corrected chi connectivity index (χ1v) is 8.34. The summed E-state index contributed by atoms with van der Waals surface area (Å²) in [6.07, 6.45) is 0.442. The molecule has 144 valence electrons. The van der Waals surface area contributed by atoms with Crippen molar-refractivity contribution in [2.24, 2.45) is 0 Å². The first kappa shape index (κ1) is 19.6. The number of amides is 4. The van der Waals surface area contributed by atoms with Crippen molar-refractivity contribution in [2.75, 3.05) is 19.7 Å². The van der Waals surface area contributed by atoms with Gasteiger partial charge in [-0.2, -0.15) is 0 Å². The van der Waals surface area contributed by atoms with E-state index in [1.165, 1.54) is 4.90 Å². The third-order valence-corrected chi connectivity index (χ3v) is 4.36. The molecule has 0 bridgehead atoms. The number of nitrogens with one attached hydrogen (secondary N) is 3. The summed E-state index contributed by atoms with van der Waals surface area (Å²) < 4.78 is 0. The summed E-state index contributed by atoms with van der Waals surface area (Å²) in [6.45, 7) is -0.814. The number of hydrogen-bond acceptors (Lipinski definition) is 6. The van der Waals surface area contributed by atoms with Crippen LogP contribution in [-0.4, -0.2) is 82.5 Å². The molecule has 0 aromatic heterocycles. The lowest BCUT2D eigenvalue weighted by Crippen LogP contribution is -2.59. The summed E-state index contributed by atoms with van der Waals surface area (Å²) in [4.78, 5) is 61.2. The van der Waals surface area contributed by atoms with Crippen molar-refractivity contribution in [3.8, 4) is 0 Å². The Labute approximate surface area is 149 Å². The molecule has 2 rings (SSSR count). The number of carbonyl (C=O) groups excluding carboxylic acids is 4. The predicted octanol–water partition coefficient (Wildman–Crippen LogP) is -3.07. The molecule has 11 nitrogen and oxygen atoms in total. The highest BCUT2D eigenvalue weighted by molar-refractivity contribution is 5.97. The summed E-state index contributed by atoms with van der Waals surface area (Å²) in [7, 11) is 0. The van der Waals surface area contributed by atoms with Crippen LogP contribution in [-0.2, 0) is 24.0 Å². The average Bonchev–Trinajstić information content (AvgIpc) is 3.09. The molecule has 0 radical (unpaired) electrons. The molecule has 5 N–H and O–H groups in total. The van der Waals surface area contributed by atoms with Crippen molar-refractivity contribution in [1.82, 2.24) is 20.9 Å². The van der Waals surface area contributed by atoms with E-state index in [-0.39, 0.29) is 19.4 Å². The van der Waals surface area contributed by atoms with Crippen molar-refractivity contribution in [3.63, 3.8) is 0 Å². The van der Waals surface area contributed by atoms with E-state index in [4.69, 9.17) is 5.11 Å². The Morgan fingerprint density at radius 2 is 1.85 bits per heavy atom. The first-order chi connectivity index (χ1) is 12.3. The molecule has 2 fully saturated rings. The van der Waals surface area contributed by atoms with Gasteiger partial charge in [-0.05, 0) is 19.3 Å². The first-order valence-electron chi connectivity index (χ1n) is 8.34. The standard InChI is InChI=1S/C15H22N4O7/c20-7-9-15(26)19-5-1-2-10(19)14(25)18-8(3-4-12(22)23)13(24)16-6-11(21)17-9/h8-10,20H,1-7H2,(H,16,24)(H,17,21)(H,18,25)(H,22,23)/t8-,9+,10+/m1/s1. The summed E-state index contributed by atoms with van der Waals surface area (Å²) in [5.41, 5.74) is 0. The Morgan fingerprint density at radius 3 is 2.50 bits per heavy atom.